The molecule has 7 heteroatoms. The Morgan fingerprint density at radius 1 is 1.33 bits per heavy atom. The fourth-order valence-electron chi connectivity index (χ4n) is 3.13. The molecule has 2 N–H and O–H groups in total. The van der Waals surface area contributed by atoms with Crippen molar-refractivity contribution >= 4 is 0 Å². The molecule has 0 bridgehead atoms. The number of nitrogens with zero attached hydrogens (tertiary/aromatic N) is 2. The van der Waals surface area contributed by atoms with E-state index in [1.165, 1.54) is 0 Å². The molecule has 2 aliphatic rings. The van der Waals surface area contributed by atoms with Crippen LogP contribution in [0.1, 0.15) is 25.7 Å². The molecule has 0 aromatic heterocycles. The van der Waals surface area contributed by atoms with Crippen LogP contribution in [0.3, 0.4) is 0 Å². The molecule has 2 rings (SSSR count). The number of likely N-dealkylation sites (tertiary alicyclic amines) is 1. The van der Waals surface area contributed by atoms with E-state index >= 15 is 0 Å². The molecule has 0 aromatic rings. The van der Waals surface area contributed by atoms with Crippen LogP contribution in [0.2, 0.25) is 0 Å². The van der Waals surface area contributed by atoms with Crippen LogP contribution in [-0.2, 0) is 0 Å². The van der Waals surface area contributed by atoms with Crippen LogP contribution in [0, 0.1) is 23.2 Å². The van der Waals surface area contributed by atoms with Crippen molar-refractivity contribution in [2.75, 3.05) is 26.2 Å². The minimum Gasteiger partial charge on any atom is -0.393 e. The number of hydrogen-bond donors (Lipinski definition) is 2. The molecule has 4 nitrogen and oxygen atoms in total. The number of rotatable bonds is 6. The number of alkyl halides is 3. The highest BCUT2D eigenvalue weighted by Gasteiger charge is 2.35. The molecule has 3 atom stereocenters. The predicted molar refractivity (Wildman–Crippen MR) is 71.4 cm³/mol. The van der Waals surface area contributed by atoms with Gasteiger partial charge in [-0.15, -0.1) is 0 Å². The van der Waals surface area contributed by atoms with Gasteiger partial charge in [0.15, 0.2) is 0 Å². The van der Waals surface area contributed by atoms with Gasteiger partial charge < -0.3 is 10.4 Å². The van der Waals surface area contributed by atoms with Crippen molar-refractivity contribution in [3.05, 3.63) is 0 Å². The van der Waals surface area contributed by atoms with Crippen molar-refractivity contribution in [3.8, 4) is 6.07 Å². The Kier molecular flexibility index (Phi) is 5.47. The van der Waals surface area contributed by atoms with E-state index in [-0.39, 0.29) is 24.6 Å². The zero-order valence-electron chi connectivity index (χ0n) is 11.9. The Bertz CT molecular complexity index is 379. The molecule has 120 valence electrons. The normalized spacial score (nSPS) is 29.1. The van der Waals surface area contributed by atoms with E-state index < -0.39 is 12.7 Å². The minimum atomic E-state index is -4.22. The van der Waals surface area contributed by atoms with Gasteiger partial charge in [-0.25, -0.2) is 0 Å². The summed E-state index contributed by atoms with van der Waals surface area (Å²) in [6.07, 6.45) is -1.23. The highest BCUT2D eigenvalue weighted by Crippen LogP contribution is 2.36. The van der Waals surface area contributed by atoms with Crippen LogP contribution in [0.15, 0.2) is 0 Å². The zero-order chi connectivity index (χ0) is 15.5. The lowest BCUT2D eigenvalue weighted by molar-refractivity contribution is -0.127. The lowest BCUT2D eigenvalue weighted by Gasteiger charge is -2.38. The van der Waals surface area contributed by atoms with Crippen LogP contribution < -0.4 is 5.32 Å². The summed E-state index contributed by atoms with van der Waals surface area (Å²) in [6, 6.07) is 1.78. The summed E-state index contributed by atoms with van der Waals surface area (Å²) in [7, 11) is 0. The Morgan fingerprint density at radius 2 is 2.05 bits per heavy atom. The summed E-state index contributed by atoms with van der Waals surface area (Å²) in [4.78, 5) is 1.88. The van der Waals surface area contributed by atoms with Gasteiger partial charge in [0.1, 0.15) is 0 Å². The predicted octanol–water partition coefficient (Wildman–Crippen LogP) is 1.51. The second-order valence-electron chi connectivity index (χ2n) is 6.29. The SMILES string of the molecule is N#CCN1CC(CC(O)C2CC2)CC(NCC(F)(F)F)C1. The van der Waals surface area contributed by atoms with Crippen LogP contribution >= 0.6 is 0 Å². The maximum atomic E-state index is 12.3. The summed E-state index contributed by atoms with van der Waals surface area (Å²) < 4.78 is 36.9. The lowest BCUT2D eigenvalue weighted by atomic mass is 9.88. The maximum absolute atomic E-state index is 12.3. The van der Waals surface area contributed by atoms with Gasteiger partial charge in [-0.1, -0.05) is 0 Å². The standard InChI is InChI=1S/C14H22F3N3O/c15-14(16,17)9-19-12-5-10(6-13(21)11-1-2-11)7-20(8-12)4-3-18/h10-13,19,21H,1-2,4-9H2. The summed E-state index contributed by atoms with van der Waals surface area (Å²) in [5.41, 5.74) is 0. The third kappa shape index (κ3) is 5.81. The van der Waals surface area contributed by atoms with Crippen LogP contribution in [0.25, 0.3) is 0 Å². The topological polar surface area (TPSA) is 59.3 Å². The third-order valence-electron chi connectivity index (χ3n) is 4.24. The lowest BCUT2D eigenvalue weighted by Crippen LogP contribution is -2.51. The number of nitriles is 1. The molecule has 1 aliphatic carbocycles. The number of nitrogens with one attached hydrogen (secondary N) is 1. The summed E-state index contributed by atoms with van der Waals surface area (Å²) >= 11 is 0. The molecular formula is C14H22F3N3O. The number of hydrogen-bond acceptors (Lipinski definition) is 4. The molecule has 0 aromatic carbocycles. The second-order valence-corrected chi connectivity index (χ2v) is 6.29. The molecule has 0 spiro atoms. The summed E-state index contributed by atoms with van der Waals surface area (Å²) in [5, 5.41) is 21.3. The number of aliphatic hydroxyl groups excluding tert-OH is 1. The van der Waals surface area contributed by atoms with E-state index in [2.05, 4.69) is 11.4 Å². The fourth-order valence-corrected chi connectivity index (χ4v) is 3.13. The van der Waals surface area contributed by atoms with Gasteiger partial charge in [-0.3, -0.25) is 4.90 Å². The number of piperidine rings is 1. The van der Waals surface area contributed by atoms with Crippen molar-refractivity contribution in [1.29, 1.82) is 5.26 Å². The van der Waals surface area contributed by atoms with Crippen LogP contribution in [-0.4, -0.2) is 54.5 Å². The van der Waals surface area contributed by atoms with Crippen molar-refractivity contribution in [1.82, 2.24) is 10.2 Å². The molecule has 3 unspecified atom stereocenters. The van der Waals surface area contributed by atoms with Gasteiger partial charge in [0.05, 0.1) is 25.3 Å². The van der Waals surface area contributed by atoms with E-state index in [0.717, 1.165) is 12.8 Å². The molecule has 0 radical (unpaired) electrons. The molecule has 1 saturated carbocycles. The quantitative estimate of drug-likeness (QED) is 0.730. The van der Waals surface area contributed by atoms with E-state index in [1.807, 2.05) is 4.90 Å². The number of halogens is 3. The van der Waals surface area contributed by atoms with Gasteiger partial charge in [-0.2, -0.15) is 18.4 Å². The molecule has 1 aliphatic heterocycles. The smallest absolute Gasteiger partial charge is 0.393 e. The van der Waals surface area contributed by atoms with E-state index in [0.29, 0.717) is 31.8 Å². The van der Waals surface area contributed by atoms with Crippen LogP contribution in [0.4, 0.5) is 13.2 Å². The first kappa shape index (κ1) is 16.5. The minimum absolute atomic E-state index is 0.147. The average molecular weight is 305 g/mol. The molecular weight excluding hydrogens is 283 g/mol. The zero-order valence-corrected chi connectivity index (χ0v) is 11.9. The Balaban J connectivity index is 1.86. The first-order chi connectivity index (χ1) is 9.87. The van der Waals surface area contributed by atoms with Gasteiger partial charge in [-0.05, 0) is 37.5 Å². The first-order valence-corrected chi connectivity index (χ1v) is 7.45. The van der Waals surface area contributed by atoms with E-state index in [1.54, 1.807) is 0 Å². The van der Waals surface area contributed by atoms with Crippen molar-refractivity contribution in [3.63, 3.8) is 0 Å². The first-order valence-electron chi connectivity index (χ1n) is 7.45. The second kappa shape index (κ2) is 6.95. The summed E-state index contributed by atoms with van der Waals surface area (Å²) in [5.74, 6) is 0.520. The molecule has 21 heavy (non-hydrogen) atoms. The molecule has 2 fully saturated rings. The monoisotopic (exact) mass is 305 g/mol. The van der Waals surface area contributed by atoms with Crippen molar-refractivity contribution < 1.29 is 18.3 Å². The van der Waals surface area contributed by atoms with Gasteiger partial charge >= 0.3 is 6.18 Å². The molecule has 0 amide bonds. The molecule has 1 saturated heterocycles. The average Bonchev–Trinajstić information content (AvgIpc) is 3.20. The summed E-state index contributed by atoms with van der Waals surface area (Å²) in [6.45, 7) is 0.359. The largest absolute Gasteiger partial charge is 0.401 e. The van der Waals surface area contributed by atoms with Gasteiger partial charge in [0.25, 0.3) is 0 Å². The fraction of sp³-hybridized carbons (Fsp3) is 0.929. The van der Waals surface area contributed by atoms with Gasteiger partial charge in [0.2, 0.25) is 0 Å². The van der Waals surface area contributed by atoms with Gasteiger partial charge in [0, 0.05) is 19.1 Å². The van der Waals surface area contributed by atoms with E-state index in [9.17, 15) is 18.3 Å². The maximum Gasteiger partial charge on any atom is 0.401 e. The van der Waals surface area contributed by atoms with Crippen molar-refractivity contribution in [2.45, 2.75) is 44.0 Å². The van der Waals surface area contributed by atoms with E-state index in [4.69, 9.17) is 5.26 Å². The Hall–Kier alpha value is -0.840. The van der Waals surface area contributed by atoms with Crippen molar-refractivity contribution in [2.24, 2.45) is 11.8 Å². The van der Waals surface area contributed by atoms with Crippen LogP contribution in [0.5, 0.6) is 0 Å². The highest BCUT2D eigenvalue weighted by atomic mass is 19.4. The highest BCUT2D eigenvalue weighted by molar-refractivity contribution is 4.91. The Labute approximate surface area is 122 Å². The number of aliphatic hydroxyl groups is 1. The third-order valence-corrected chi connectivity index (χ3v) is 4.24. The molecule has 1 heterocycles. The Morgan fingerprint density at radius 3 is 2.62 bits per heavy atom.